The average Bonchev–Trinajstić information content (AvgIpc) is 1.67. The number of nitrogens with zero attached hydrogens (tertiary/aromatic N) is 12. The second kappa shape index (κ2) is 30.9. The number of aliphatic hydroxyl groups excluding tert-OH is 3. The van der Waals surface area contributed by atoms with Gasteiger partial charge in [-0.05, 0) is 47.1 Å². The number of amides is 1. The fourth-order valence-electron chi connectivity index (χ4n) is 10.9. The summed E-state index contributed by atoms with van der Waals surface area (Å²) in [6, 6.07) is 0. The number of fused-ring (bicyclic) bond motifs is 4. The molecule has 0 bridgehead atoms. The molecule has 4 aliphatic rings. The molecule has 0 aromatic carbocycles. The number of carbonyl (C=O) groups excluding carboxylic acids is 3. The van der Waals surface area contributed by atoms with E-state index in [1.165, 1.54) is 48.2 Å². The summed E-state index contributed by atoms with van der Waals surface area (Å²) in [6.45, 7) is 10.6. The van der Waals surface area contributed by atoms with Crippen LogP contribution in [0.5, 0.6) is 0 Å². The van der Waals surface area contributed by atoms with Gasteiger partial charge in [-0.1, -0.05) is 20.8 Å². The molecule has 12 heterocycles. The van der Waals surface area contributed by atoms with Crippen LogP contribution < -0.4 is 39.0 Å². The smallest absolute Gasteiger partial charge is 0.306 e. The number of ether oxygens (including phenoxy) is 6. The van der Waals surface area contributed by atoms with Gasteiger partial charge in [0, 0.05) is 39.2 Å². The number of aliphatic hydroxyl groups is 3. The number of aromatic nitrogens is 16. The maximum Gasteiger partial charge on any atom is 0.306 e. The molecule has 0 spiro atoms. The van der Waals surface area contributed by atoms with E-state index in [1.807, 2.05) is 20.8 Å². The fourth-order valence-corrected chi connectivity index (χ4v) is 10.9. The maximum atomic E-state index is 12.0. The fraction of sp³-hybridized carbons (Fsp3) is 0.571. The van der Waals surface area contributed by atoms with E-state index in [0.29, 0.717) is 88.1 Å². The molecule has 0 unspecified atom stereocenters. The molecule has 504 valence electrons. The number of carboxylic acids is 1. The Hall–Kier alpha value is -9.24. The van der Waals surface area contributed by atoms with Gasteiger partial charge in [0.1, 0.15) is 57.3 Å². The van der Waals surface area contributed by atoms with Crippen molar-refractivity contribution in [3.8, 4) is 0 Å². The Morgan fingerprint density at radius 3 is 1.22 bits per heavy atom. The Morgan fingerprint density at radius 2 is 0.871 bits per heavy atom. The maximum absolute atomic E-state index is 12.0. The number of rotatable bonds is 16. The first-order valence-electron chi connectivity index (χ1n) is 30.0. The SMILES string of the molecule is CC[C@H]1O[C@@H](n2ncc3c(=O)[nH]c(C)nc32)C[C@H]1O.CC[C@H]1O[C@@H](n2ncc3c(=O)[nH]c(C)nc32)C[C@H]1OC(=O)CCC(=O)NC.CC[C@H]1O[C@@H](n2ncc3c(=O)[nH]c(C)nc32)C[C@H]1OC(=O)CCC(=O)O.CN.Nc1nc2c(cnn2[C@H]2C[C@@H](O)[C@@H](CO)O2)c(=O)[nH]1. The summed E-state index contributed by atoms with van der Waals surface area (Å²) in [5, 5.41) is 57.9. The number of anilines is 1. The predicted molar refractivity (Wildman–Crippen MR) is 325 cm³/mol. The molecule has 37 nitrogen and oxygen atoms in total. The largest absolute Gasteiger partial charge is 0.481 e. The predicted octanol–water partition coefficient (Wildman–Crippen LogP) is -0.131. The molecular formula is C56H77N19O18. The first-order valence-corrected chi connectivity index (χ1v) is 30.0. The van der Waals surface area contributed by atoms with E-state index in [9.17, 15) is 48.6 Å². The molecule has 8 aromatic heterocycles. The molecule has 1 amide bonds. The summed E-state index contributed by atoms with van der Waals surface area (Å²) in [5.41, 5.74) is 10.5. The third-order valence-electron chi connectivity index (χ3n) is 15.4. The molecule has 8 aromatic rings. The number of aromatic amines is 4. The monoisotopic (exact) mass is 1300 g/mol. The van der Waals surface area contributed by atoms with Crippen LogP contribution in [0.1, 0.15) is 134 Å². The Morgan fingerprint density at radius 1 is 0.538 bits per heavy atom. The highest BCUT2D eigenvalue weighted by Crippen LogP contribution is 2.36. The molecule has 4 fully saturated rings. The van der Waals surface area contributed by atoms with Crippen molar-refractivity contribution < 1.29 is 68.0 Å². The minimum absolute atomic E-state index is 0.0120. The van der Waals surface area contributed by atoms with Crippen LogP contribution in [0.15, 0.2) is 44.0 Å². The van der Waals surface area contributed by atoms with Crippen molar-refractivity contribution in [2.45, 2.75) is 186 Å². The number of hydrogen-bond acceptors (Lipinski definition) is 27. The van der Waals surface area contributed by atoms with Crippen LogP contribution in [-0.4, -0.2) is 193 Å². The first-order chi connectivity index (χ1) is 44.5. The first kappa shape index (κ1) is 69.6. The molecule has 37 heteroatoms. The Bertz CT molecular complexity index is 4060. The number of carboxylic acid groups (broad SMARTS) is 1. The van der Waals surface area contributed by atoms with Crippen LogP contribution in [0.3, 0.4) is 0 Å². The van der Waals surface area contributed by atoms with Crippen molar-refractivity contribution in [2.75, 3.05) is 26.4 Å². The lowest BCUT2D eigenvalue weighted by molar-refractivity contribution is -0.154. The highest BCUT2D eigenvalue weighted by atomic mass is 16.6. The van der Waals surface area contributed by atoms with Gasteiger partial charge in [-0.15, -0.1) is 0 Å². The van der Waals surface area contributed by atoms with Gasteiger partial charge in [0.2, 0.25) is 11.9 Å². The molecule has 4 saturated heterocycles. The van der Waals surface area contributed by atoms with Gasteiger partial charge in [0.25, 0.3) is 22.2 Å². The molecule has 13 N–H and O–H groups in total. The Kier molecular flexibility index (Phi) is 23.2. The Labute approximate surface area is 526 Å². The van der Waals surface area contributed by atoms with Crippen LogP contribution in [-0.2, 0) is 47.6 Å². The van der Waals surface area contributed by atoms with E-state index < -0.39 is 67.1 Å². The molecule has 0 radical (unpaired) electrons. The quantitative estimate of drug-likeness (QED) is 0.0561. The third-order valence-corrected chi connectivity index (χ3v) is 15.4. The molecule has 4 aliphatic heterocycles. The minimum atomic E-state index is -1.05. The van der Waals surface area contributed by atoms with Crippen LogP contribution in [0, 0.1) is 20.8 Å². The molecule has 0 aliphatic carbocycles. The van der Waals surface area contributed by atoms with Crippen molar-refractivity contribution in [3.05, 3.63) is 83.7 Å². The van der Waals surface area contributed by atoms with E-state index in [1.54, 1.807) is 30.1 Å². The lowest BCUT2D eigenvalue weighted by atomic mass is 10.1. The molecule has 0 saturated carbocycles. The zero-order chi connectivity index (χ0) is 67.5. The van der Waals surface area contributed by atoms with Crippen molar-refractivity contribution in [2.24, 2.45) is 5.73 Å². The normalized spacial score (nSPS) is 23.9. The van der Waals surface area contributed by atoms with E-state index in [-0.39, 0.29) is 103 Å². The summed E-state index contributed by atoms with van der Waals surface area (Å²) in [6.07, 6.45) is 3.14. The van der Waals surface area contributed by atoms with Crippen LogP contribution in [0.25, 0.3) is 44.1 Å². The number of nitrogens with two attached hydrogens (primary N) is 2. The third kappa shape index (κ3) is 16.2. The van der Waals surface area contributed by atoms with Gasteiger partial charge < -0.3 is 80.6 Å². The molecule has 93 heavy (non-hydrogen) atoms. The van der Waals surface area contributed by atoms with E-state index in [4.69, 9.17) is 44.4 Å². The van der Waals surface area contributed by atoms with E-state index in [2.05, 4.69) is 71.3 Å². The highest BCUT2D eigenvalue weighted by Gasteiger charge is 2.41. The number of aryl methyl sites for hydroxylation is 3. The van der Waals surface area contributed by atoms with E-state index >= 15 is 0 Å². The van der Waals surface area contributed by atoms with Crippen molar-refractivity contribution in [3.63, 3.8) is 0 Å². The lowest BCUT2D eigenvalue weighted by Crippen LogP contribution is -2.27. The van der Waals surface area contributed by atoms with Gasteiger partial charge >= 0.3 is 17.9 Å². The highest BCUT2D eigenvalue weighted by molar-refractivity contribution is 5.81. The summed E-state index contributed by atoms with van der Waals surface area (Å²) in [7, 11) is 3.02. The number of aliphatic carboxylic acids is 1. The second-order valence-electron chi connectivity index (χ2n) is 21.8. The standard InChI is InChI=1S/C17H23N5O5.C16H20N4O6.C12H16N4O3.C10H13N5O4.CH5N/c1-4-11-12(27-15(24)6-5-13(23)18-3)7-14(26-11)22-16-10(8-19-22)17(25)21-9(2)20-16;1-3-10-11(26-14(23)5-4-13(21)22)6-12(25-10)20-15-9(7-17-20)16(24)19-8(2)18-15;1-3-9-8(17)4-10(19-9)16-11-7(5-13-16)12(18)15-6(2)14-11;11-10-13-8-4(9(18)14-10)2-12-15(8)7-1-5(17)6(3-16)19-7;1-2/h8,11-12,14H,4-7H2,1-3H3,(H,18,23)(H,20,21,25);7,10-12H,3-6H2,1-2H3,(H,21,22)(H,18,19,24);5,8-10,17H,3-4H2,1-2H3,(H,14,15,18);2,5-7,16-17H,1,3H2,(H3,11,13,14,18);2H2,1H3/t11-,12-,14-;10-,11-,12-;8-,9-,10-;5-,6-,7-;/m1111./s1. The van der Waals surface area contributed by atoms with Crippen LogP contribution >= 0.6 is 0 Å². The lowest BCUT2D eigenvalue weighted by Gasteiger charge is -2.17. The molecular weight excluding hydrogens is 1230 g/mol. The van der Waals surface area contributed by atoms with Crippen molar-refractivity contribution >= 4 is 73.9 Å². The number of carbonyl (C=O) groups is 4. The number of hydrogen-bond donors (Lipinski definition) is 11. The summed E-state index contributed by atoms with van der Waals surface area (Å²) in [4.78, 5) is 120. The Balaban J connectivity index is 0.000000160. The van der Waals surface area contributed by atoms with Gasteiger partial charge in [-0.25, -0.2) is 33.7 Å². The number of nitrogen functional groups attached to an aromatic ring is 1. The number of H-pyrrole nitrogens is 4. The zero-order valence-corrected chi connectivity index (χ0v) is 52.2. The van der Waals surface area contributed by atoms with Gasteiger partial charge in [-0.3, -0.25) is 43.3 Å². The minimum Gasteiger partial charge on any atom is -0.481 e. The van der Waals surface area contributed by atoms with Gasteiger partial charge in [0.05, 0.1) is 81.2 Å². The van der Waals surface area contributed by atoms with Crippen molar-refractivity contribution in [1.82, 2.24) is 84.3 Å². The van der Waals surface area contributed by atoms with Crippen LogP contribution in [0.2, 0.25) is 0 Å². The topological polar surface area (TPSA) is 523 Å². The zero-order valence-electron chi connectivity index (χ0n) is 52.2. The number of esters is 2. The second-order valence-corrected chi connectivity index (χ2v) is 21.8. The molecule has 12 atom stereocenters. The van der Waals surface area contributed by atoms with Crippen molar-refractivity contribution in [1.29, 1.82) is 0 Å². The average molecular weight is 1300 g/mol. The summed E-state index contributed by atoms with van der Waals surface area (Å²) < 4.78 is 40.1. The van der Waals surface area contributed by atoms with Crippen LogP contribution in [0.4, 0.5) is 5.95 Å². The van der Waals surface area contributed by atoms with E-state index in [0.717, 1.165) is 6.42 Å². The van der Waals surface area contributed by atoms with Gasteiger partial charge in [-0.2, -0.15) is 25.4 Å². The summed E-state index contributed by atoms with van der Waals surface area (Å²) >= 11 is 0. The summed E-state index contributed by atoms with van der Waals surface area (Å²) in [5.74, 6) is -0.819. The molecule has 12 rings (SSSR count). The van der Waals surface area contributed by atoms with Gasteiger partial charge in [0.15, 0.2) is 47.5 Å². The number of nitrogens with one attached hydrogen (secondary N) is 5.